The zero-order valence-electron chi connectivity index (χ0n) is 12.3. The number of benzene rings is 1. The quantitative estimate of drug-likeness (QED) is 0.720. The topological polar surface area (TPSA) is 12.5 Å². The third-order valence-corrected chi connectivity index (χ3v) is 4.69. The van der Waals surface area contributed by atoms with Gasteiger partial charge in [0.25, 0.3) is 0 Å². The lowest BCUT2D eigenvalue weighted by Gasteiger charge is -2.29. The third-order valence-electron chi connectivity index (χ3n) is 3.52. The van der Waals surface area contributed by atoms with Crippen LogP contribution in [0.5, 0.6) is 5.75 Å². The Hall–Kier alpha value is -0.590. The Morgan fingerprint density at radius 3 is 2.59 bits per heavy atom. The lowest BCUT2D eigenvalue weighted by molar-refractivity contribution is -0.139. The third kappa shape index (κ3) is 4.70. The first-order valence-corrected chi connectivity index (χ1v) is 8.80. The summed E-state index contributed by atoms with van der Waals surface area (Å²) >= 11 is 7.36. The first-order valence-electron chi connectivity index (χ1n) is 7.27. The molecule has 1 saturated heterocycles. The van der Waals surface area contributed by atoms with Crippen molar-refractivity contribution in [1.29, 1.82) is 0 Å². The summed E-state index contributed by atoms with van der Waals surface area (Å²) in [6.45, 7) is 3.75. The van der Waals surface area contributed by atoms with E-state index in [-0.39, 0.29) is 17.0 Å². The standard InChI is InChI=1S/C15H19ClF3NOS/c1-2-22-10-14(20-7-3-4-8-20)21-13-6-5-11(16)9-12(13)15(17,18)19/h5-6,9,14H,2-4,7-8,10H2,1H3. The van der Waals surface area contributed by atoms with E-state index >= 15 is 0 Å². The molecule has 0 amide bonds. The Morgan fingerprint density at radius 2 is 2.00 bits per heavy atom. The molecule has 2 nitrogen and oxygen atoms in total. The maximum Gasteiger partial charge on any atom is 0.420 e. The summed E-state index contributed by atoms with van der Waals surface area (Å²) in [5.74, 6) is 1.40. The molecule has 1 atom stereocenters. The van der Waals surface area contributed by atoms with E-state index in [1.165, 1.54) is 12.1 Å². The fraction of sp³-hybridized carbons (Fsp3) is 0.600. The van der Waals surface area contributed by atoms with Crippen molar-refractivity contribution < 1.29 is 17.9 Å². The van der Waals surface area contributed by atoms with Crippen LogP contribution in [-0.2, 0) is 6.18 Å². The van der Waals surface area contributed by atoms with Gasteiger partial charge in [-0.3, -0.25) is 4.90 Å². The molecular formula is C15H19ClF3NOS. The number of alkyl halides is 3. The number of hydrogen-bond donors (Lipinski definition) is 0. The van der Waals surface area contributed by atoms with Crippen LogP contribution in [0.1, 0.15) is 25.3 Å². The molecule has 1 heterocycles. The number of hydrogen-bond acceptors (Lipinski definition) is 3. The van der Waals surface area contributed by atoms with Crippen LogP contribution < -0.4 is 4.74 Å². The lowest BCUT2D eigenvalue weighted by atomic mass is 10.2. The average Bonchev–Trinajstić information content (AvgIpc) is 2.98. The van der Waals surface area contributed by atoms with Gasteiger partial charge < -0.3 is 4.74 Å². The maximum absolute atomic E-state index is 13.2. The van der Waals surface area contributed by atoms with Gasteiger partial charge in [0, 0.05) is 23.9 Å². The van der Waals surface area contributed by atoms with E-state index in [0.717, 1.165) is 37.8 Å². The predicted octanol–water partition coefficient (Wildman–Crippen LogP) is 4.91. The molecule has 0 aromatic heterocycles. The molecule has 1 aromatic carbocycles. The number of nitrogens with zero attached hydrogens (tertiary/aromatic N) is 1. The highest BCUT2D eigenvalue weighted by Gasteiger charge is 2.36. The summed E-state index contributed by atoms with van der Waals surface area (Å²) in [6.07, 6.45) is -2.70. The molecule has 2 rings (SSSR count). The van der Waals surface area contributed by atoms with Gasteiger partial charge in [0.2, 0.25) is 0 Å². The minimum Gasteiger partial charge on any atom is -0.474 e. The molecule has 22 heavy (non-hydrogen) atoms. The first kappa shape index (κ1) is 17.8. The summed E-state index contributed by atoms with van der Waals surface area (Å²) < 4.78 is 45.2. The number of likely N-dealkylation sites (tertiary alicyclic amines) is 1. The number of rotatable bonds is 6. The van der Waals surface area contributed by atoms with Crippen molar-refractivity contribution >= 4 is 23.4 Å². The molecule has 1 aliphatic rings. The smallest absolute Gasteiger partial charge is 0.420 e. The van der Waals surface area contributed by atoms with Crippen LogP contribution in [0.4, 0.5) is 13.2 Å². The Kier molecular flexibility index (Phi) is 6.29. The van der Waals surface area contributed by atoms with E-state index in [4.69, 9.17) is 16.3 Å². The van der Waals surface area contributed by atoms with Gasteiger partial charge in [0.05, 0.1) is 5.56 Å². The number of thioether (sulfide) groups is 1. The van der Waals surface area contributed by atoms with Gasteiger partial charge in [0.15, 0.2) is 6.23 Å². The average molecular weight is 354 g/mol. The van der Waals surface area contributed by atoms with Crippen molar-refractivity contribution in [3.8, 4) is 5.75 Å². The molecule has 0 bridgehead atoms. The van der Waals surface area contributed by atoms with Gasteiger partial charge >= 0.3 is 6.18 Å². The van der Waals surface area contributed by atoms with Gasteiger partial charge in [-0.1, -0.05) is 18.5 Å². The van der Waals surface area contributed by atoms with E-state index in [1.807, 2.05) is 6.92 Å². The van der Waals surface area contributed by atoms with E-state index in [2.05, 4.69) is 4.90 Å². The van der Waals surface area contributed by atoms with E-state index < -0.39 is 11.7 Å². The Labute approximate surface area is 138 Å². The van der Waals surface area contributed by atoms with Gasteiger partial charge in [-0.15, -0.1) is 0 Å². The molecule has 1 fully saturated rings. The monoisotopic (exact) mass is 353 g/mol. The van der Waals surface area contributed by atoms with Crippen molar-refractivity contribution in [2.75, 3.05) is 24.6 Å². The molecule has 1 aromatic rings. The highest BCUT2D eigenvalue weighted by atomic mass is 35.5. The Morgan fingerprint density at radius 1 is 1.32 bits per heavy atom. The van der Waals surface area contributed by atoms with Gasteiger partial charge in [-0.05, 0) is 36.8 Å². The molecule has 0 aliphatic carbocycles. The van der Waals surface area contributed by atoms with Crippen molar-refractivity contribution in [3.05, 3.63) is 28.8 Å². The van der Waals surface area contributed by atoms with Crippen molar-refractivity contribution in [3.63, 3.8) is 0 Å². The summed E-state index contributed by atoms with van der Waals surface area (Å²) in [7, 11) is 0. The second-order valence-electron chi connectivity index (χ2n) is 5.11. The van der Waals surface area contributed by atoms with Crippen LogP contribution in [-0.4, -0.2) is 35.7 Å². The SMILES string of the molecule is CCSCC(Oc1ccc(Cl)cc1C(F)(F)F)N1CCCC1. The Bertz CT molecular complexity index is 492. The Balaban J connectivity index is 2.21. The van der Waals surface area contributed by atoms with Crippen LogP contribution in [0.3, 0.4) is 0 Å². The van der Waals surface area contributed by atoms with Crippen molar-refractivity contribution in [2.45, 2.75) is 32.2 Å². The molecule has 0 saturated carbocycles. The molecular weight excluding hydrogens is 335 g/mol. The van der Waals surface area contributed by atoms with Crippen LogP contribution in [0.2, 0.25) is 5.02 Å². The minimum absolute atomic E-state index is 0.0559. The molecule has 7 heteroatoms. The summed E-state index contributed by atoms with van der Waals surface area (Å²) in [6, 6.07) is 3.66. The minimum atomic E-state index is -4.48. The van der Waals surface area contributed by atoms with E-state index in [9.17, 15) is 13.2 Å². The first-order chi connectivity index (χ1) is 10.4. The molecule has 124 valence electrons. The fourth-order valence-corrected chi connectivity index (χ4v) is 3.32. The predicted molar refractivity (Wildman–Crippen MR) is 84.7 cm³/mol. The summed E-state index contributed by atoms with van der Waals surface area (Å²) in [4.78, 5) is 2.11. The summed E-state index contributed by atoms with van der Waals surface area (Å²) in [5, 5.41) is 0.0559. The van der Waals surface area contributed by atoms with Gasteiger partial charge in [0.1, 0.15) is 5.75 Å². The summed E-state index contributed by atoms with van der Waals surface area (Å²) in [5.41, 5.74) is -0.814. The highest BCUT2D eigenvalue weighted by Crippen LogP contribution is 2.38. The second kappa shape index (κ2) is 7.79. The van der Waals surface area contributed by atoms with Gasteiger partial charge in [-0.2, -0.15) is 24.9 Å². The molecule has 0 N–H and O–H groups in total. The van der Waals surface area contributed by atoms with E-state index in [1.54, 1.807) is 11.8 Å². The number of ether oxygens (including phenoxy) is 1. The van der Waals surface area contributed by atoms with Crippen LogP contribution in [0.25, 0.3) is 0 Å². The normalized spacial score (nSPS) is 17.7. The van der Waals surface area contributed by atoms with E-state index in [0.29, 0.717) is 5.75 Å². The zero-order chi connectivity index (χ0) is 16.2. The van der Waals surface area contributed by atoms with Crippen LogP contribution >= 0.6 is 23.4 Å². The largest absolute Gasteiger partial charge is 0.474 e. The van der Waals surface area contributed by atoms with Crippen molar-refractivity contribution in [2.24, 2.45) is 0 Å². The second-order valence-corrected chi connectivity index (χ2v) is 6.87. The fourth-order valence-electron chi connectivity index (χ4n) is 2.44. The molecule has 0 spiro atoms. The molecule has 1 unspecified atom stereocenters. The lowest BCUT2D eigenvalue weighted by Crippen LogP contribution is -2.39. The highest BCUT2D eigenvalue weighted by molar-refractivity contribution is 7.99. The van der Waals surface area contributed by atoms with Crippen molar-refractivity contribution in [1.82, 2.24) is 4.90 Å². The maximum atomic E-state index is 13.2. The van der Waals surface area contributed by atoms with Crippen LogP contribution in [0, 0.1) is 0 Å². The zero-order valence-corrected chi connectivity index (χ0v) is 13.9. The van der Waals surface area contributed by atoms with Gasteiger partial charge in [-0.25, -0.2) is 0 Å². The number of halogens is 4. The molecule has 1 aliphatic heterocycles. The molecule has 0 radical (unpaired) electrons. The van der Waals surface area contributed by atoms with Crippen LogP contribution in [0.15, 0.2) is 18.2 Å².